The Bertz CT molecular complexity index is 548. The molecule has 128 valence electrons. The van der Waals surface area contributed by atoms with Gasteiger partial charge in [-0.15, -0.1) is 0 Å². The van der Waals surface area contributed by atoms with Gasteiger partial charge in [0.05, 0.1) is 17.9 Å². The van der Waals surface area contributed by atoms with Gasteiger partial charge in [-0.2, -0.15) is 0 Å². The molecule has 23 heavy (non-hydrogen) atoms. The van der Waals surface area contributed by atoms with Gasteiger partial charge in [0.2, 0.25) is 0 Å². The van der Waals surface area contributed by atoms with Crippen LogP contribution in [0.15, 0.2) is 18.2 Å². The van der Waals surface area contributed by atoms with E-state index in [0.717, 1.165) is 6.42 Å². The highest BCUT2D eigenvalue weighted by molar-refractivity contribution is 5.78. The third kappa shape index (κ3) is 5.67. The van der Waals surface area contributed by atoms with Crippen LogP contribution in [0.3, 0.4) is 0 Å². The van der Waals surface area contributed by atoms with Gasteiger partial charge in [-0.05, 0) is 24.1 Å². The van der Waals surface area contributed by atoms with Gasteiger partial charge in [0.25, 0.3) is 0 Å². The maximum absolute atomic E-state index is 11.9. The first-order chi connectivity index (χ1) is 10.8. The van der Waals surface area contributed by atoms with Crippen molar-refractivity contribution in [1.29, 1.82) is 0 Å². The van der Waals surface area contributed by atoms with Crippen LogP contribution in [0.4, 0.5) is 0 Å². The maximum Gasteiger partial charge on any atom is 0.313 e. The van der Waals surface area contributed by atoms with Crippen LogP contribution in [0, 0.1) is 11.8 Å². The summed E-state index contributed by atoms with van der Waals surface area (Å²) in [6.07, 6.45) is 0.779. The van der Waals surface area contributed by atoms with Crippen molar-refractivity contribution >= 4 is 11.9 Å². The highest BCUT2D eigenvalue weighted by atomic mass is 16.6. The normalized spacial score (nSPS) is 12.3. The largest absolute Gasteiger partial charge is 0.422 e. The van der Waals surface area contributed by atoms with E-state index >= 15 is 0 Å². The minimum absolute atomic E-state index is 0.158. The number of esters is 2. The molecule has 0 heterocycles. The van der Waals surface area contributed by atoms with Crippen molar-refractivity contribution in [3.8, 4) is 11.5 Å². The van der Waals surface area contributed by atoms with E-state index in [4.69, 9.17) is 9.47 Å². The molecule has 1 aromatic rings. The Morgan fingerprint density at radius 3 is 2.00 bits per heavy atom. The van der Waals surface area contributed by atoms with E-state index in [9.17, 15) is 14.7 Å². The monoisotopic (exact) mass is 322 g/mol. The highest BCUT2D eigenvalue weighted by Crippen LogP contribution is 2.33. The van der Waals surface area contributed by atoms with Crippen LogP contribution in [0.25, 0.3) is 0 Å². The Balaban J connectivity index is 3.12. The summed E-state index contributed by atoms with van der Waals surface area (Å²) in [4.78, 5) is 23.7. The fourth-order valence-electron chi connectivity index (χ4n) is 1.79. The van der Waals surface area contributed by atoms with Gasteiger partial charge in [0.1, 0.15) is 0 Å². The standard InChI is InChI=1S/C18H26O5/c1-6-7-14(19)13-8-9-15(22-17(20)11(2)3)16(10-13)23-18(21)12(4)5/h8-12,14,19H,6-7H2,1-5H3/t14-/m0/s1. The molecule has 1 aromatic carbocycles. The van der Waals surface area contributed by atoms with Gasteiger partial charge in [0.15, 0.2) is 11.5 Å². The summed E-state index contributed by atoms with van der Waals surface area (Å²) < 4.78 is 10.6. The summed E-state index contributed by atoms with van der Waals surface area (Å²) in [5.74, 6) is -1.10. The Morgan fingerprint density at radius 1 is 1.00 bits per heavy atom. The molecule has 0 unspecified atom stereocenters. The van der Waals surface area contributed by atoms with Crippen LogP contribution in [0.1, 0.15) is 59.1 Å². The molecule has 0 saturated heterocycles. The molecule has 0 amide bonds. The predicted molar refractivity (Wildman–Crippen MR) is 87.3 cm³/mol. The van der Waals surface area contributed by atoms with Gasteiger partial charge in [-0.25, -0.2) is 0 Å². The number of benzene rings is 1. The highest BCUT2D eigenvalue weighted by Gasteiger charge is 2.19. The summed E-state index contributed by atoms with van der Waals surface area (Å²) in [5, 5.41) is 10.1. The van der Waals surface area contributed by atoms with Gasteiger partial charge < -0.3 is 14.6 Å². The minimum atomic E-state index is -0.647. The molecular formula is C18H26O5. The molecule has 1 rings (SSSR count). The average Bonchev–Trinajstić information content (AvgIpc) is 2.48. The molecule has 0 aliphatic heterocycles. The zero-order valence-electron chi connectivity index (χ0n) is 14.5. The molecule has 0 aromatic heterocycles. The SMILES string of the molecule is CCC[C@H](O)c1ccc(OC(=O)C(C)C)c(OC(=O)C(C)C)c1. The summed E-state index contributed by atoms with van der Waals surface area (Å²) in [5.41, 5.74) is 0.628. The summed E-state index contributed by atoms with van der Waals surface area (Å²) in [6.45, 7) is 8.86. The first-order valence-corrected chi connectivity index (χ1v) is 8.01. The molecule has 0 spiro atoms. The second-order valence-corrected chi connectivity index (χ2v) is 6.16. The zero-order valence-corrected chi connectivity index (χ0v) is 14.5. The molecule has 0 bridgehead atoms. The molecule has 1 atom stereocenters. The van der Waals surface area contributed by atoms with Crippen LogP contribution in [0.2, 0.25) is 0 Å². The van der Waals surface area contributed by atoms with Gasteiger partial charge in [-0.3, -0.25) is 9.59 Å². The van der Waals surface area contributed by atoms with Crippen LogP contribution >= 0.6 is 0 Å². The van der Waals surface area contributed by atoms with E-state index < -0.39 is 18.0 Å². The first kappa shape index (κ1) is 19.2. The number of carbonyl (C=O) groups is 2. The Morgan fingerprint density at radius 2 is 1.52 bits per heavy atom. The topological polar surface area (TPSA) is 72.8 Å². The van der Waals surface area contributed by atoms with Crippen LogP contribution in [0.5, 0.6) is 11.5 Å². The fourth-order valence-corrected chi connectivity index (χ4v) is 1.79. The second kappa shape index (κ2) is 8.67. The van der Waals surface area contributed by atoms with Crippen LogP contribution < -0.4 is 9.47 Å². The first-order valence-electron chi connectivity index (χ1n) is 8.01. The molecule has 0 fully saturated rings. The van der Waals surface area contributed by atoms with Crippen LogP contribution in [-0.4, -0.2) is 17.0 Å². The second-order valence-electron chi connectivity index (χ2n) is 6.16. The Hall–Kier alpha value is -1.88. The molecule has 0 saturated carbocycles. The summed E-state index contributed by atoms with van der Waals surface area (Å²) in [7, 11) is 0. The molecule has 1 N–H and O–H groups in total. The van der Waals surface area contributed by atoms with E-state index in [1.54, 1.807) is 45.9 Å². The molecule has 0 aliphatic rings. The lowest BCUT2D eigenvalue weighted by molar-refractivity contribution is -0.140. The van der Waals surface area contributed by atoms with Crippen molar-refractivity contribution in [3.05, 3.63) is 23.8 Å². The van der Waals surface area contributed by atoms with Crippen molar-refractivity contribution in [2.75, 3.05) is 0 Å². The van der Waals surface area contributed by atoms with E-state index in [2.05, 4.69) is 0 Å². The van der Waals surface area contributed by atoms with Gasteiger partial charge in [0, 0.05) is 0 Å². The fraction of sp³-hybridized carbons (Fsp3) is 0.556. The molecular weight excluding hydrogens is 296 g/mol. The number of rotatable bonds is 7. The van der Waals surface area contributed by atoms with E-state index in [-0.39, 0.29) is 23.3 Å². The zero-order chi connectivity index (χ0) is 17.6. The number of hydrogen-bond donors (Lipinski definition) is 1. The molecule has 5 heteroatoms. The smallest absolute Gasteiger partial charge is 0.313 e. The lowest BCUT2D eigenvalue weighted by Gasteiger charge is -2.16. The number of aliphatic hydroxyl groups excluding tert-OH is 1. The summed E-state index contributed by atoms with van der Waals surface area (Å²) >= 11 is 0. The molecule has 0 radical (unpaired) electrons. The quantitative estimate of drug-likeness (QED) is 0.613. The van der Waals surface area contributed by atoms with Crippen molar-refractivity contribution in [1.82, 2.24) is 0 Å². The van der Waals surface area contributed by atoms with Crippen molar-refractivity contribution < 1.29 is 24.2 Å². The third-order valence-corrected chi connectivity index (χ3v) is 3.28. The Labute approximate surface area is 137 Å². The summed E-state index contributed by atoms with van der Waals surface area (Å²) in [6, 6.07) is 4.79. The molecule has 5 nitrogen and oxygen atoms in total. The number of aliphatic hydroxyl groups is 1. The predicted octanol–water partition coefficient (Wildman–Crippen LogP) is 3.64. The van der Waals surface area contributed by atoms with Crippen molar-refractivity contribution in [3.63, 3.8) is 0 Å². The van der Waals surface area contributed by atoms with E-state index in [1.807, 2.05) is 6.92 Å². The Kier molecular flexibility index (Phi) is 7.23. The number of ether oxygens (including phenoxy) is 2. The van der Waals surface area contributed by atoms with Crippen molar-refractivity contribution in [2.24, 2.45) is 11.8 Å². The van der Waals surface area contributed by atoms with Crippen molar-refractivity contribution in [2.45, 2.75) is 53.6 Å². The van der Waals surface area contributed by atoms with Gasteiger partial charge in [-0.1, -0.05) is 47.1 Å². The minimum Gasteiger partial charge on any atom is -0.422 e. The van der Waals surface area contributed by atoms with E-state index in [1.165, 1.54) is 0 Å². The van der Waals surface area contributed by atoms with Gasteiger partial charge >= 0.3 is 11.9 Å². The van der Waals surface area contributed by atoms with Crippen LogP contribution in [-0.2, 0) is 9.59 Å². The number of carbonyl (C=O) groups excluding carboxylic acids is 2. The maximum atomic E-state index is 11.9. The molecule has 0 aliphatic carbocycles. The number of hydrogen-bond acceptors (Lipinski definition) is 5. The van der Waals surface area contributed by atoms with E-state index in [0.29, 0.717) is 12.0 Å². The lowest BCUT2D eigenvalue weighted by Crippen LogP contribution is -2.18. The third-order valence-electron chi connectivity index (χ3n) is 3.28. The average molecular weight is 322 g/mol. The lowest BCUT2D eigenvalue weighted by atomic mass is 10.0.